The third kappa shape index (κ3) is 11.6. The Labute approximate surface area is 165 Å². The van der Waals surface area contributed by atoms with Crippen LogP contribution in [0, 0.1) is 5.92 Å². The monoisotopic (exact) mass is 370 g/mol. The second kappa shape index (κ2) is 18.3. The van der Waals surface area contributed by atoms with Gasteiger partial charge >= 0.3 is 0 Å². The first-order valence-electron chi connectivity index (χ1n) is 12.0. The molecule has 0 spiro atoms. The molecular weight excluding hydrogens is 320 g/mol. The molecule has 0 N–H and O–H groups in total. The lowest BCUT2D eigenvalue weighted by atomic mass is 9.84. The van der Waals surface area contributed by atoms with E-state index in [0.29, 0.717) is 5.92 Å². The molecule has 0 heterocycles. The predicted octanol–water partition coefficient (Wildman–Crippen LogP) is 8.28. The van der Waals surface area contributed by atoms with Gasteiger partial charge in [-0.15, -0.1) is 0 Å². The summed E-state index contributed by atoms with van der Waals surface area (Å²) in [6.45, 7) is 12.9. The highest BCUT2D eigenvalue weighted by Gasteiger charge is 2.39. The molecule has 2 nitrogen and oxygen atoms in total. The molecule has 1 unspecified atom stereocenters. The molecule has 0 aliphatic carbocycles. The number of unbranched alkanes of at least 4 members (excludes halogenated alkanes) is 7. The summed E-state index contributed by atoms with van der Waals surface area (Å²) in [6.07, 6.45) is 18.9. The molecule has 0 aromatic rings. The molecule has 0 rings (SSSR count). The van der Waals surface area contributed by atoms with Crippen LogP contribution in [0.3, 0.4) is 0 Å². The SMILES string of the molecule is CCCCCCCCC(CCCC)C(CCCC)(OCCC)OCCC. The van der Waals surface area contributed by atoms with Crippen LogP contribution in [0.2, 0.25) is 0 Å². The minimum Gasteiger partial charge on any atom is -0.350 e. The molecule has 158 valence electrons. The van der Waals surface area contributed by atoms with Crippen molar-refractivity contribution in [3.63, 3.8) is 0 Å². The summed E-state index contributed by atoms with van der Waals surface area (Å²) in [6, 6.07) is 0. The van der Waals surface area contributed by atoms with Gasteiger partial charge in [0.1, 0.15) is 0 Å². The molecule has 0 amide bonds. The minimum absolute atomic E-state index is 0.333. The summed E-state index contributed by atoms with van der Waals surface area (Å²) in [5.74, 6) is 0.221. The van der Waals surface area contributed by atoms with E-state index in [2.05, 4.69) is 34.6 Å². The van der Waals surface area contributed by atoms with Gasteiger partial charge in [0.25, 0.3) is 0 Å². The van der Waals surface area contributed by atoms with E-state index >= 15 is 0 Å². The fourth-order valence-electron chi connectivity index (χ4n) is 3.80. The van der Waals surface area contributed by atoms with Crippen molar-refractivity contribution in [3.05, 3.63) is 0 Å². The summed E-state index contributed by atoms with van der Waals surface area (Å²) in [4.78, 5) is 0. The Morgan fingerprint density at radius 2 is 1.04 bits per heavy atom. The summed E-state index contributed by atoms with van der Waals surface area (Å²) in [5, 5.41) is 0. The van der Waals surface area contributed by atoms with Crippen molar-refractivity contribution in [3.8, 4) is 0 Å². The van der Waals surface area contributed by atoms with Crippen molar-refractivity contribution in [2.24, 2.45) is 5.92 Å². The van der Waals surface area contributed by atoms with Gasteiger partial charge in [-0.3, -0.25) is 0 Å². The quantitative estimate of drug-likeness (QED) is 0.158. The molecule has 0 aliphatic heterocycles. The van der Waals surface area contributed by atoms with E-state index in [1.165, 1.54) is 77.0 Å². The van der Waals surface area contributed by atoms with Crippen LogP contribution in [-0.2, 0) is 9.47 Å². The van der Waals surface area contributed by atoms with E-state index in [0.717, 1.165) is 32.5 Å². The van der Waals surface area contributed by atoms with Crippen LogP contribution in [-0.4, -0.2) is 19.0 Å². The zero-order valence-electron chi connectivity index (χ0n) is 18.9. The van der Waals surface area contributed by atoms with Crippen molar-refractivity contribution in [1.29, 1.82) is 0 Å². The molecule has 26 heavy (non-hydrogen) atoms. The van der Waals surface area contributed by atoms with Crippen molar-refractivity contribution >= 4 is 0 Å². The zero-order valence-corrected chi connectivity index (χ0v) is 18.9. The van der Waals surface area contributed by atoms with Crippen LogP contribution in [0.15, 0.2) is 0 Å². The predicted molar refractivity (Wildman–Crippen MR) is 116 cm³/mol. The first-order chi connectivity index (χ1) is 12.7. The first kappa shape index (κ1) is 25.9. The van der Waals surface area contributed by atoms with Crippen LogP contribution in [0.25, 0.3) is 0 Å². The maximum absolute atomic E-state index is 6.52. The van der Waals surface area contributed by atoms with Gasteiger partial charge in [0.05, 0.1) is 0 Å². The smallest absolute Gasteiger partial charge is 0.171 e. The molecule has 0 aliphatic rings. The molecule has 0 aromatic heterocycles. The lowest BCUT2D eigenvalue weighted by molar-refractivity contribution is -0.274. The Kier molecular flexibility index (Phi) is 18.2. The van der Waals surface area contributed by atoms with Crippen LogP contribution in [0.5, 0.6) is 0 Å². The van der Waals surface area contributed by atoms with E-state index in [1.54, 1.807) is 0 Å². The molecule has 2 heteroatoms. The van der Waals surface area contributed by atoms with Crippen LogP contribution < -0.4 is 0 Å². The Hall–Kier alpha value is -0.0800. The lowest BCUT2D eigenvalue weighted by Crippen LogP contribution is -2.44. The van der Waals surface area contributed by atoms with Gasteiger partial charge in [0, 0.05) is 25.6 Å². The van der Waals surface area contributed by atoms with E-state index in [4.69, 9.17) is 9.47 Å². The summed E-state index contributed by atoms with van der Waals surface area (Å²) < 4.78 is 13.0. The Morgan fingerprint density at radius 1 is 0.538 bits per heavy atom. The zero-order chi connectivity index (χ0) is 19.5. The number of hydrogen-bond donors (Lipinski definition) is 0. The molecule has 0 bridgehead atoms. The number of hydrogen-bond acceptors (Lipinski definition) is 2. The van der Waals surface area contributed by atoms with Crippen molar-refractivity contribution in [2.75, 3.05) is 13.2 Å². The summed E-state index contributed by atoms with van der Waals surface area (Å²) in [5.41, 5.74) is 0. The summed E-state index contributed by atoms with van der Waals surface area (Å²) >= 11 is 0. The number of ether oxygens (including phenoxy) is 2. The largest absolute Gasteiger partial charge is 0.350 e. The third-order valence-corrected chi connectivity index (χ3v) is 5.41. The highest BCUT2D eigenvalue weighted by atomic mass is 16.7. The fraction of sp³-hybridized carbons (Fsp3) is 1.00. The van der Waals surface area contributed by atoms with Gasteiger partial charge in [-0.1, -0.05) is 92.4 Å². The number of rotatable bonds is 20. The van der Waals surface area contributed by atoms with Gasteiger partial charge in [-0.05, 0) is 32.1 Å². The average molecular weight is 371 g/mol. The average Bonchev–Trinajstić information content (AvgIpc) is 2.67. The minimum atomic E-state index is -0.333. The molecule has 0 aromatic carbocycles. The second-order valence-electron chi connectivity index (χ2n) is 8.01. The molecule has 0 radical (unpaired) electrons. The van der Waals surface area contributed by atoms with Gasteiger partial charge in [-0.2, -0.15) is 0 Å². The standard InChI is InChI=1S/C24H50O2/c1-6-11-14-15-16-17-19-23(18-12-7-2)24(20-13-8-3,25-21-9-4)26-22-10-5/h23H,6-22H2,1-5H3. The highest BCUT2D eigenvalue weighted by Crippen LogP contribution is 2.37. The molecule has 1 atom stereocenters. The maximum Gasteiger partial charge on any atom is 0.171 e. The van der Waals surface area contributed by atoms with Gasteiger partial charge in [-0.25, -0.2) is 0 Å². The highest BCUT2D eigenvalue weighted by molar-refractivity contribution is 4.81. The molecule has 0 saturated carbocycles. The van der Waals surface area contributed by atoms with Gasteiger partial charge < -0.3 is 9.47 Å². The van der Waals surface area contributed by atoms with Crippen LogP contribution >= 0.6 is 0 Å². The summed E-state index contributed by atoms with van der Waals surface area (Å²) in [7, 11) is 0. The van der Waals surface area contributed by atoms with E-state index in [9.17, 15) is 0 Å². The van der Waals surface area contributed by atoms with Crippen LogP contribution in [0.4, 0.5) is 0 Å². The topological polar surface area (TPSA) is 18.5 Å². The Balaban J connectivity index is 4.98. The molecular formula is C24H50O2. The normalized spacial score (nSPS) is 13.3. The van der Waals surface area contributed by atoms with E-state index in [1.807, 2.05) is 0 Å². The fourth-order valence-corrected chi connectivity index (χ4v) is 3.80. The molecule has 0 saturated heterocycles. The second-order valence-corrected chi connectivity index (χ2v) is 8.01. The van der Waals surface area contributed by atoms with Crippen LogP contribution in [0.1, 0.15) is 131 Å². The third-order valence-electron chi connectivity index (χ3n) is 5.41. The van der Waals surface area contributed by atoms with Gasteiger partial charge in [0.2, 0.25) is 0 Å². The first-order valence-corrected chi connectivity index (χ1v) is 12.0. The molecule has 0 fully saturated rings. The Bertz CT molecular complexity index is 256. The van der Waals surface area contributed by atoms with Gasteiger partial charge in [0.15, 0.2) is 5.79 Å². The maximum atomic E-state index is 6.52. The lowest BCUT2D eigenvalue weighted by Gasteiger charge is -2.41. The van der Waals surface area contributed by atoms with E-state index < -0.39 is 0 Å². The van der Waals surface area contributed by atoms with E-state index in [-0.39, 0.29) is 5.79 Å². The Morgan fingerprint density at radius 3 is 1.58 bits per heavy atom. The van der Waals surface area contributed by atoms with Crippen molar-refractivity contribution < 1.29 is 9.47 Å². The van der Waals surface area contributed by atoms with Crippen molar-refractivity contribution in [1.82, 2.24) is 0 Å². The van der Waals surface area contributed by atoms with Crippen molar-refractivity contribution in [2.45, 2.75) is 137 Å².